The van der Waals surface area contributed by atoms with Gasteiger partial charge in [-0.15, -0.1) is 10.2 Å². The van der Waals surface area contributed by atoms with Crippen LogP contribution in [0.3, 0.4) is 0 Å². The Labute approximate surface area is 90.1 Å². The minimum atomic E-state index is 0.0594. The topological polar surface area (TPSA) is 42.7 Å². The highest BCUT2D eigenvalue weighted by molar-refractivity contribution is 5.12. The quantitative estimate of drug-likeness (QED) is 0.797. The molecule has 3 rings (SSSR count). The highest BCUT2D eigenvalue weighted by Gasteiger charge is 2.39. The van der Waals surface area contributed by atoms with Gasteiger partial charge in [0.05, 0.1) is 5.54 Å². The summed E-state index contributed by atoms with van der Waals surface area (Å²) in [4.78, 5) is 0. The van der Waals surface area contributed by atoms with Gasteiger partial charge in [-0.05, 0) is 46.1 Å². The summed E-state index contributed by atoms with van der Waals surface area (Å²) in [7, 11) is 0. The van der Waals surface area contributed by atoms with Crippen LogP contribution in [0.5, 0.6) is 0 Å². The van der Waals surface area contributed by atoms with Crippen molar-refractivity contribution in [2.75, 3.05) is 6.54 Å². The smallest absolute Gasteiger partial charge is 0.153 e. The average molecular weight is 206 g/mol. The molecule has 0 aromatic carbocycles. The Balaban J connectivity index is 2.03. The van der Waals surface area contributed by atoms with Gasteiger partial charge in [-0.3, -0.25) is 0 Å². The fourth-order valence-electron chi connectivity index (χ4n) is 2.60. The first-order valence-corrected chi connectivity index (χ1v) is 5.88. The number of aromatic nitrogens is 3. The molecule has 1 unspecified atom stereocenters. The van der Waals surface area contributed by atoms with Crippen LogP contribution in [0.4, 0.5) is 0 Å². The Bertz CT molecular complexity index is 372. The van der Waals surface area contributed by atoms with Gasteiger partial charge in [0.25, 0.3) is 0 Å². The molecule has 1 N–H and O–H groups in total. The van der Waals surface area contributed by atoms with Crippen LogP contribution < -0.4 is 5.32 Å². The zero-order valence-electron chi connectivity index (χ0n) is 9.45. The number of nitrogens with zero attached hydrogens (tertiary/aromatic N) is 3. The van der Waals surface area contributed by atoms with Crippen LogP contribution in [0.25, 0.3) is 0 Å². The third kappa shape index (κ3) is 1.39. The van der Waals surface area contributed by atoms with Crippen LogP contribution >= 0.6 is 0 Å². The Morgan fingerprint density at radius 2 is 2.20 bits per heavy atom. The van der Waals surface area contributed by atoms with Crippen molar-refractivity contribution in [2.45, 2.75) is 51.1 Å². The van der Waals surface area contributed by atoms with E-state index in [1.165, 1.54) is 25.7 Å². The van der Waals surface area contributed by atoms with Crippen molar-refractivity contribution in [3.63, 3.8) is 0 Å². The molecule has 2 heterocycles. The monoisotopic (exact) mass is 206 g/mol. The van der Waals surface area contributed by atoms with E-state index in [-0.39, 0.29) is 5.54 Å². The molecular formula is C11H18N4. The predicted octanol–water partition coefficient (Wildman–Crippen LogP) is 1.52. The van der Waals surface area contributed by atoms with Gasteiger partial charge in [0, 0.05) is 6.04 Å². The fraction of sp³-hybridized carbons (Fsp3) is 0.818. The molecular weight excluding hydrogens is 188 g/mol. The lowest BCUT2D eigenvalue weighted by Crippen LogP contribution is -2.36. The van der Waals surface area contributed by atoms with Crippen LogP contribution in [0.15, 0.2) is 0 Å². The minimum Gasteiger partial charge on any atom is -0.311 e. The van der Waals surface area contributed by atoms with Crippen molar-refractivity contribution in [1.29, 1.82) is 0 Å². The average Bonchev–Trinajstić information content (AvgIpc) is 2.83. The molecule has 1 aromatic rings. The zero-order valence-corrected chi connectivity index (χ0v) is 9.45. The molecule has 15 heavy (non-hydrogen) atoms. The summed E-state index contributed by atoms with van der Waals surface area (Å²) in [5.41, 5.74) is 0.0594. The van der Waals surface area contributed by atoms with Crippen molar-refractivity contribution in [2.24, 2.45) is 0 Å². The van der Waals surface area contributed by atoms with Gasteiger partial charge in [-0.1, -0.05) is 0 Å². The molecule has 2 aliphatic rings. The molecule has 0 spiro atoms. The number of rotatable bonds is 2. The van der Waals surface area contributed by atoms with E-state index in [1.54, 1.807) is 0 Å². The minimum absolute atomic E-state index is 0.0594. The molecule has 1 atom stereocenters. The Morgan fingerprint density at radius 1 is 1.40 bits per heavy atom. The SMILES string of the molecule is Cc1nnc(C2(C)CCCN2)n1C1CC1. The second-order valence-electron chi connectivity index (χ2n) is 5.03. The maximum Gasteiger partial charge on any atom is 0.153 e. The predicted molar refractivity (Wildman–Crippen MR) is 57.6 cm³/mol. The van der Waals surface area contributed by atoms with Crippen LogP contribution in [0.2, 0.25) is 0 Å². The van der Waals surface area contributed by atoms with E-state index in [0.717, 1.165) is 18.2 Å². The fourth-order valence-corrected chi connectivity index (χ4v) is 2.60. The molecule has 0 radical (unpaired) electrons. The molecule has 1 aliphatic carbocycles. The molecule has 1 aromatic heterocycles. The van der Waals surface area contributed by atoms with E-state index >= 15 is 0 Å². The summed E-state index contributed by atoms with van der Waals surface area (Å²) in [6.45, 7) is 5.42. The Kier molecular flexibility index (Phi) is 1.89. The number of nitrogens with one attached hydrogen (secondary N) is 1. The lowest BCUT2D eigenvalue weighted by molar-refractivity contribution is 0.384. The summed E-state index contributed by atoms with van der Waals surface area (Å²) >= 11 is 0. The van der Waals surface area contributed by atoms with Gasteiger partial charge in [0.1, 0.15) is 5.82 Å². The van der Waals surface area contributed by atoms with Gasteiger partial charge in [-0.25, -0.2) is 0 Å². The third-order valence-electron chi connectivity index (χ3n) is 3.64. The van der Waals surface area contributed by atoms with Crippen molar-refractivity contribution < 1.29 is 0 Å². The standard InChI is InChI=1S/C11H18N4/c1-8-13-14-10(15(8)9-4-5-9)11(2)6-3-7-12-11/h9,12H,3-7H2,1-2H3. The van der Waals surface area contributed by atoms with Gasteiger partial charge in [0.2, 0.25) is 0 Å². The maximum absolute atomic E-state index is 4.38. The first-order chi connectivity index (χ1) is 7.21. The van der Waals surface area contributed by atoms with E-state index in [9.17, 15) is 0 Å². The van der Waals surface area contributed by atoms with Gasteiger partial charge < -0.3 is 9.88 Å². The normalized spacial score (nSPS) is 31.1. The number of hydrogen-bond donors (Lipinski definition) is 1. The summed E-state index contributed by atoms with van der Waals surface area (Å²) in [5, 5.41) is 12.2. The molecule has 82 valence electrons. The lowest BCUT2D eigenvalue weighted by Gasteiger charge is -2.24. The largest absolute Gasteiger partial charge is 0.311 e. The Hall–Kier alpha value is -0.900. The zero-order chi connectivity index (χ0) is 10.5. The molecule has 0 amide bonds. The molecule has 4 nitrogen and oxygen atoms in total. The molecule has 0 bridgehead atoms. The van der Waals surface area contributed by atoms with Gasteiger partial charge in [0.15, 0.2) is 5.82 Å². The van der Waals surface area contributed by atoms with Crippen molar-refractivity contribution in [1.82, 2.24) is 20.1 Å². The maximum atomic E-state index is 4.38. The molecule has 2 fully saturated rings. The first kappa shape index (κ1) is 9.33. The summed E-state index contributed by atoms with van der Waals surface area (Å²) in [6.07, 6.45) is 5.01. The molecule has 1 aliphatic heterocycles. The van der Waals surface area contributed by atoms with Crippen molar-refractivity contribution in [3.05, 3.63) is 11.6 Å². The third-order valence-corrected chi connectivity index (χ3v) is 3.64. The van der Waals surface area contributed by atoms with E-state index in [4.69, 9.17) is 0 Å². The first-order valence-electron chi connectivity index (χ1n) is 5.88. The second kappa shape index (κ2) is 3.04. The number of aryl methyl sites for hydroxylation is 1. The molecule has 4 heteroatoms. The summed E-state index contributed by atoms with van der Waals surface area (Å²) in [6, 6.07) is 0.675. The van der Waals surface area contributed by atoms with Crippen LogP contribution in [-0.4, -0.2) is 21.3 Å². The highest BCUT2D eigenvalue weighted by atomic mass is 15.3. The Morgan fingerprint density at radius 3 is 2.80 bits per heavy atom. The van der Waals surface area contributed by atoms with Crippen LogP contribution in [0, 0.1) is 6.92 Å². The summed E-state index contributed by atoms with van der Waals surface area (Å²) in [5.74, 6) is 2.22. The van der Waals surface area contributed by atoms with Crippen molar-refractivity contribution in [3.8, 4) is 0 Å². The van der Waals surface area contributed by atoms with E-state index in [1.807, 2.05) is 0 Å². The second-order valence-corrected chi connectivity index (χ2v) is 5.03. The van der Waals surface area contributed by atoms with Gasteiger partial charge >= 0.3 is 0 Å². The van der Waals surface area contributed by atoms with Crippen LogP contribution in [-0.2, 0) is 5.54 Å². The number of hydrogen-bond acceptors (Lipinski definition) is 3. The highest BCUT2D eigenvalue weighted by Crippen LogP contribution is 2.40. The molecule has 1 saturated carbocycles. The summed E-state index contributed by atoms with van der Waals surface area (Å²) < 4.78 is 2.35. The van der Waals surface area contributed by atoms with E-state index < -0.39 is 0 Å². The molecule has 1 saturated heterocycles. The lowest BCUT2D eigenvalue weighted by atomic mass is 9.99. The van der Waals surface area contributed by atoms with E-state index in [2.05, 4.69) is 33.9 Å². The van der Waals surface area contributed by atoms with Crippen LogP contribution in [0.1, 0.15) is 50.3 Å². The van der Waals surface area contributed by atoms with Crippen molar-refractivity contribution >= 4 is 0 Å². The van der Waals surface area contributed by atoms with Gasteiger partial charge in [-0.2, -0.15) is 0 Å². The van der Waals surface area contributed by atoms with E-state index in [0.29, 0.717) is 6.04 Å².